The highest BCUT2D eigenvalue weighted by Crippen LogP contribution is 2.62. The van der Waals surface area contributed by atoms with Crippen LogP contribution in [0, 0.1) is 5.92 Å². The van der Waals surface area contributed by atoms with E-state index >= 15 is 0 Å². The van der Waals surface area contributed by atoms with Crippen LogP contribution in [0.25, 0.3) is 0 Å². The zero-order valence-corrected chi connectivity index (χ0v) is 16.4. The highest BCUT2D eigenvalue weighted by Gasteiger charge is 2.91. The molecule has 0 rings (SSSR count). The van der Waals surface area contributed by atoms with Crippen LogP contribution in [-0.2, 0) is 0 Å². The maximum absolute atomic E-state index is 14.2. The van der Waals surface area contributed by atoms with E-state index in [-0.39, 0.29) is 19.3 Å². The van der Waals surface area contributed by atoms with Crippen molar-refractivity contribution in [2.75, 3.05) is 0 Å². The molecule has 0 unspecified atom stereocenters. The molecule has 0 nitrogen and oxygen atoms in total. The van der Waals surface area contributed by atoms with Gasteiger partial charge in [-0.25, -0.2) is 0 Å². The van der Waals surface area contributed by atoms with Gasteiger partial charge >= 0.3 is 35.8 Å². The van der Waals surface area contributed by atoms with Crippen LogP contribution in [-0.4, -0.2) is 39.7 Å². The lowest BCUT2D eigenvalue weighted by atomic mass is 9.82. The zero-order valence-electron chi connectivity index (χ0n) is 14.3. The summed E-state index contributed by atoms with van der Waals surface area (Å²) in [5, 5.41) is 0. The molecule has 0 N–H and O–H groups in total. The summed E-state index contributed by atoms with van der Waals surface area (Å²) >= 11 is 1.20. The number of hydrogen-bond acceptors (Lipinski definition) is 0. The van der Waals surface area contributed by atoms with Crippen LogP contribution in [0.15, 0.2) is 0 Å². The number of rotatable bonds is 10. The smallest absolute Gasteiger partial charge is 0.199 e. The second kappa shape index (κ2) is 8.52. The number of halogens is 14. The molecule has 0 aliphatic rings. The molecule has 14 heteroatoms. The van der Waals surface area contributed by atoms with Gasteiger partial charge in [-0.2, -0.15) is 57.1 Å². The molecule has 0 saturated heterocycles. The minimum Gasteiger partial charge on any atom is -0.199 e. The van der Waals surface area contributed by atoms with Crippen molar-refractivity contribution in [2.45, 2.75) is 79.2 Å². The molecule has 0 aromatic heterocycles. The fourth-order valence-corrected chi connectivity index (χ4v) is 3.83. The van der Waals surface area contributed by atoms with Crippen molar-refractivity contribution in [3.05, 3.63) is 0 Å². The van der Waals surface area contributed by atoms with E-state index in [4.69, 9.17) is 0 Å². The van der Waals surface area contributed by atoms with Gasteiger partial charge in [-0.3, -0.25) is 0 Å². The monoisotopic (exact) mass is 558 g/mol. The van der Waals surface area contributed by atoms with Crippen LogP contribution < -0.4 is 0 Å². The largest absolute Gasteiger partial charge is 0.460 e. The van der Waals surface area contributed by atoms with Gasteiger partial charge in [-0.1, -0.05) is 49.3 Å². The summed E-state index contributed by atoms with van der Waals surface area (Å²) in [7, 11) is 0. The summed E-state index contributed by atoms with van der Waals surface area (Å²) in [6.07, 6.45) is -8.69. The van der Waals surface area contributed by atoms with Crippen molar-refractivity contribution < 1.29 is 57.1 Å². The molecule has 0 bridgehead atoms. The molecule has 28 heavy (non-hydrogen) atoms. The Morgan fingerprint density at radius 3 is 1.25 bits per heavy atom. The highest BCUT2D eigenvalue weighted by atomic mass is 127. The van der Waals surface area contributed by atoms with Crippen LogP contribution in [0.2, 0.25) is 0 Å². The zero-order chi connectivity index (χ0) is 23.0. The topological polar surface area (TPSA) is 0 Å². The lowest BCUT2D eigenvalue weighted by Crippen LogP contribution is -2.71. The third-order valence-electron chi connectivity index (χ3n) is 4.02. The third-order valence-corrected chi connectivity index (χ3v) is 5.52. The lowest BCUT2D eigenvalue weighted by Gasteiger charge is -2.42. The van der Waals surface area contributed by atoms with E-state index in [0.29, 0.717) is 0 Å². The van der Waals surface area contributed by atoms with E-state index in [9.17, 15) is 57.1 Å². The SMILES string of the molecule is CCC[C@@H](I)[C@@H](CCC)C(F)(F)C(F)(F)C(F)(F)C(F)(F)C(F)(F)C(F)(F)F. The summed E-state index contributed by atoms with van der Waals surface area (Å²) in [6.45, 7) is 2.60. The predicted octanol–water partition coefficient (Wildman–Crippen LogP) is 7.75. The molecule has 2 atom stereocenters. The van der Waals surface area contributed by atoms with Gasteiger partial charge < -0.3 is 0 Å². The van der Waals surface area contributed by atoms with Crippen LogP contribution in [0.4, 0.5) is 57.1 Å². The first-order valence-corrected chi connectivity index (χ1v) is 9.02. The quantitative estimate of drug-likeness (QED) is 0.146. The molecular formula is C14H16F13I. The van der Waals surface area contributed by atoms with Gasteiger partial charge in [0.2, 0.25) is 0 Å². The molecule has 0 amide bonds. The van der Waals surface area contributed by atoms with Gasteiger partial charge in [0.05, 0.1) is 0 Å². The van der Waals surface area contributed by atoms with Gasteiger partial charge in [0.15, 0.2) is 0 Å². The summed E-state index contributed by atoms with van der Waals surface area (Å²) in [5.74, 6) is -39.1. The van der Waals surface area contributed by atoms with Gasteiger partial charge in [0, 0.05) is 9.84 Å². The molecule has 0 aliphatic heterocycles. The predicted molar refractivity (Wildman–Crippen MR) is 81.9 cm³/mol. The van der Waals surface area contributed by atoms with Gasteiger partial charge in [-0.15, -0.1) is 0 Å². The maximum Gasteiger partial charge on any atom is 0.460 e. The second-order valence-corrected chi connectivity index (χ2v) is 7.72. The maximum atomic E-state index is 14.2. The Labute approximate surface area is 165 Å². The van der Waals surface area contributed by atoms with Gasteiger partial charge in [-0.05, 0) is 12.8 Å². The molecule has 0 aromatic rings. The van der Waals surface area contributed by atoms with Crippen molar-refractivity contribution in [1.82, 2.24) is 0 Å². The van der Waals surface area contributed by atoms with Crippen molar-refractivity contribution >= 4 is 22.6 Å². The molecule has 0 fully saturated rings. The summed E-state index contributed by atoms with van der Waals surface area (Å²) in [5.41, 5.74) is 0. The molecular weight excluding hydrogens is 542 g/mol. The Bertz CT molecular complexity index is 512. The average molecular weight is 558 g/mol. The number of hydrogen-bond donors (Lipinski definition) is 0. The standard InChI is InChI=1S/C14H16F13I/c1-3-5-7(8(28)6-4-2)9(15,16)10(17,18)11(19,20)12(21,22)13(23,24)14(25,26)27/h7-8H,3-6H2,1-2H3/t7-,8-/m1/s1. The molecule has 0 heterocycles. The lowest BCUT2D eigenvalue weighted by molar-refractivity contribution is -0.443. The van der Waals surface area contributed by atoms with Crippen molar-refractivity contribution in [3.63, 3.8) is 0 Å². The van der Waals surface area contributed by atoms with E-state index in [1.807, 2.05) is 0 Å². The molecule has 0 aromatic carbocycles. The fourth-order valence-electron chi connectivity index (χ4n) is 2.39. The first-order chi connectivity index (χ1) is 12.2. The fraction of sp³-hybridized carbons (Fsp3) is 1.00. The highest BCUT2D eigenvalue weighted by molar-refractivity contribution is 14.1. The van der Waals surface area contributed by atoms with E-state index in [2.05, 4.69) is 0 Å². The molecule has 0 radical (unpaired) electrons. The van der Waals surface area contributed by atoms with Gasteiger partial charge in [0.1, 0.15) is 0 Å². The van der Waals surface area contributed by atoms with Crippen molar-refractivity contribution in [3.8, 4) is 0 Å². The molecule has 0 spiro atoms. The minimum absolute atomic E-state index is 0.105. The first-order valence-electron chi connectivity index (χ1n) is 7.78. The minimum atomic E-state index is -7.84. The Morgan fingerprint density at radius 1 is 0.571 bits per heavy atom. The van der Waals surface area contributed by atoms with E-state index in [1.165, 1.54) is 36.4 Å². The molecule has 0 aliphatic carbocycles. The number of alkyl halides is 14. The van der Waals surface area contributed by atoms with Crippen LogP contribution in [0.5, 0.6) is 0 Å². The Hall–Kier alpha value is -0.180. The average Bonchev–Trinajstić information content (AvgIpc) is 2.50. The second-order valence-electron chi connectivity index (χ2n) is 6.12. The third kappa shape index (κ3) is 4.30. The first kappa shape index (κ1) is 27.8. The van der Waals surface area contributed by atoms with Crippen LogP contribution in [0.3, 0.4) is 0 Å². The Morgan fingerprint density at radius 2 is 0.929 bits per heavy atom. The summed E-state index contributed by atoms with van der Waals surface area (Å²) in [6, 6.07) is 0. The van der Waals surface area contributed by atoms with Gasteiger partial charge in [0.25, 0.3) is 0 Å². The van der Waals surface area contributed by atoms with Crippen LogP contribution in [0.1, 0.15) is 39.5 Å². The Balaban J connectivity index is 6.43. The molecule has 170 valence electrons. The van der Waals surface area contributed by atoms with Crippen molar-refractivity contribution in [1.29, 1.82) is 0 Å². The van der Waals surface area contributed by atoms with E-state index in [1.54, 1.807) is 0 Å². The van der Waals surface area contributed by atoms with Crippen LogP contribution >= 0.6 is 22.6 Å². The Kier molecular flexibility index (Phi) is 8.46. The molecule has 0 saturated carbocycles. The summed E-state index contributed by atoms with van der Waals surface area (Å²) < 4.78 is 170. The van der Waals surface area contributed by atoms with E-state index < -0.39 is 52.1 Å². The van der Waals surface area contributed by atoms with E-state index in [0.717, 1.165) is 0 Å². The normalized spacial score (nSPS) is 17.6. The summed E-state index contributed by atoms with van der Waals surface area (Å²) in [4.78, 5) is 0. The van der Waals surface area contributed by atoms with Crippen molar-refractivity contribution in [2.24, 2.45) is 5.92 Å².